The summed E-state index contributed by atoms with van der Waals surface area (Å²) >= 11 is 0. The maximum Gasteiger partial charge on any atom is 0.440 e. The largest absolute Gasteiger partial charge is 0.446 e. The fourth-order valence-corrected chi connectivity index (χ4v) is 3.26. The Bertz CT molecular complexity index is 771. The minimum Gasteiger partial charge on any atom is -0.446 e. The molecule has 1 aliphatic carbocycles. The smallest absolute Gasteiger partial charge is 0.440 e. The zero-order chi connectivity index (χ0) is 17.2. The number of hydrogen-bond donors (Lipinski definition) is 2. The van der Waals surface area contributed by atoms with Crippen LogP contribution in [0.5, 0.6) is 0 Å². The molecule has 1 fully saturated rings. The zero-order valence-electron chi connectivity index (χ0n) is 13.5. The van der Waals surface area contributed by atoms with Crippen molar-refractivity contribution in [2.45, 2.75) is 5.92 Å². The molecule has 0 atom stereocenters. The van der Waals surface area contributed by atoms with Gasteiger partial charge in [0.2, 0.25) is 0 Å². The number of nitrogens with one attached hydrogen (secondary N) is 2. The van der Waals surface area contributed by atoms with Gasteiger partial charge in [-0.1, -0.05) is 48.5 Å². The van der Waals surface area contributed by atoms with E-state index in [2.05, 4.69) is 22.9 Å². The highest BCUT2D eigenvalue weighted by atomic mass is 16.7. The summed E-state index contributed by atoms with van der Waals surface area (Å²) in [7, 11) is 0. The van der Waals surface area contributed by atoms with E-state index >= 15 is 0 Å². The zero-order valence-corrected chi connectivity index (χ0v) is 13.5. The second-order valence-corrected chi connectivity index (χ2v) is 6.20. The molecule has 4 rings (SSSR count). The molecule has 1 aliphatic heterocycles. The van der Waals surface area contributed by atoms with Crippen molar-refractivity contribution in [1.82, 2.24) is 10.8 Å². The van der Waals surface area contributed by atoms with Crippen LogP contribution in [0, 0.1) is 5.92 Å². The summed E-state index contributed by atoms with van der Waals surface area (Å²) in [6.45, 7) is 1.33. The maximum absolute atomic E-state index is 11.8. The standard InChI is InChI=1S/C19H18N2O4/c22-18(12-9-20-10-12)25-21-19(23)24-11-17-15-7-3-1-5-13(15)14-6-2-4-8-16(14)17/h1-8,12,17,20H,9-11H2,(H,21,23). The van der Waals surface area contributed by atoms with Crippen molar-refractivity contribution in [3.05, 3.63) is 59.7 Å². The molecule has 0 radical (unpaired) electrons. The summed E-state index contributed by atoms with van der Waals surface area (Å²) in [5, 5.41) is 2.97. The fraction of sp³-hybridized carbons (Fsp3) is 0.263. The van der Waals surface area contributed by atoms with Gasteiger partial charge in [-0.05, 0) is 22.3 Å². The number of fused-ring (bicyclic) bond motifs is 3. The third-order valence-electron chi connectivity index (χ3n) is 4.69. The summed E-state index contributed by atoms with van der Waals surface area (Å²) in [4.78, 5) is 28.2. The number of hydroxylamine groups is 1. The van der Waals surface area contributed by atoms with Crippen LogP contribution in [0.15, 0.2) is 48.5 Å². The van der Waals surface area contributed by atoms with Gasteiger partial charge < -0.3 is 14.9 Å². The summed E-state index contributed by atoms with van der Waals surface area (Å²) < 4.78 is 5.28. The van der Waals surface area contributed by atoms with Gasteiger partial charge in [0.15, 0.2) is 0 Å². The Labute approximate surface area is 145 Å². The minimum atomic E-state index is -0.762. The molecule has 0 saturated carbocycles. The van der Waals surface area contributed by atoms with Gasteiger partial charge in [-0.15, -0.1) is 5.48 Å². The molecule has 1 heterocycles. The molecule has 0 unspecified atom stereocenters. The van der Waals surface area contributed by atoms with Crippen molar-refractivity contribution in [1.29, 1.82) is 0 Å². The summed E-state index contributed by atoms with van der Waals surface area (Å²) in [5.41, 5.74) is 6.66. The average Bonchev–Trinajstić information content (AvgIpc) is 2.91. The third kappa shape index (κ3) is 2.96. The van der Waals surface area contributed by atoms with Gasteiger partial charge >= 0.3 is 12.1 Å². The van der Waals surface area contributed by atoms with Gasteiger partial charge in [0, 0.05) is 19.0 Å². The van der Waals surface area contributed by atoms with E-state index in [-0.39, 0.29) is 18.4 Å². The second-order valence-electron chi connectivity index (χ2n) is 6.20. The molecular formula is C19H18N2O4. The lowest BCUT2D eigenvalue weighted by Gasteiger charge is -2.24. The summed E-state index contributed by atoms with van der Waals surface area (Å²) in [5.74, 6) is -0.675. The molecule has 1 saturated heterocycles. The minimum absolute atomic E-state index is 0.0234. The number of benzene rings is 2. The molecule has 25 heavy (non-hydrogen) atoms. The quantitative estimate of drug-likeness (QED) is 0.839. The molecule has 2 aromatic carbocycles. The van der Waals surface area contributed by atoms with Gasteiger partial charge in [0.05, 0.1) is 5.92 Å². The van der Waals surface area contributed by atoms with Crippen molar-refractivity contribution >= 4 is 12.1 Å². The molecule has 2 aromatic rings. The van der Waals surface area contributed by atoms with Crippen LogP contribution in [-0.2, 0) is 14.4 Å². The highest BCUT2D eigenvalue weighted by Crippen LogP contribution is 2.44. The van der Waals surface area contributed by atoms with E-state index < -0.39 is 12.1 Å². The van der Waals surface area contributed by atoms with Crippen LogP contribution in [-0.4, -0.2) is 31.8 Å². The number of carbonyl (C=O) groups excluding carboxylic acids is 2. The first-order chi connectivity index (χ1) is 12.2. The predicted molar refractivity (Wildman–Crippen MR) is 90.7 cm³/mol. The Balaban J connectivity index is 1.39. The van der Waals surface area contributed by atoms with Gasteiger partial charge in [0.1, 0.15) is 6.61 Å². The molecule has 6 nitrogen and oxygen atoms in total. The van der Waals surface area contributed by atoms with Crippen molar-refractivity contribution in [2.24, 2.45) is 5.92 Å². The van der Waals surface area contributed by atoms with E-state index in [0.29, 0.717) is 13.1 Å². The molecule has 2 aliphatic rings. The number of ether oxygens (including phenoxy) is 1. The van der Waals surface area contributed by atoms with Crippen LogP contribution in [0.25, 0.3) is 11.1 Å². The second kappa shape index (κ2) is 6.57. The van der Waals surface area contributed by atoms with Crippen molar-refractivity contribution in [3.63, 3.8) is 0 Å². The van der Waals surface area contributed by atoms with E-state index in [1.54, 1.807) is 0 Å². The highest BCUT2D eigenvalue weighted by molar-refractivity contribution is 5.79. The average molecular weight is 338 g/mol. The van der Waals surface area contributed by atoms with Crippen LogP contribution in [0.1, 0.15) is 17.0 Å². The van der Waals surface area contributed by atoms with Crippen molar-refractivity contribution < 1.29 is 19.2 Å². The SMILES string of the molecule is O=C(NOC(=O)C1CNC1)OCC1c2ccccc2-c2ccccc21. The van der Waals surface area contributed by atoms with Gasteiger partial charge in [-0.25, -0.2) is 9.59 Å². The third-order valence-corrected chi connectivity index (χ3v) is 4.69. The molecule has 0 spiro atoms. The van der Waals surface area contributed by atoms with Crippen LogP contribution < -0.4 is 10.8 Å². The monoisotopic (exact) mass is 338 g/mol. The molecule has 2 N–H and O–H groups in total. The van der Waals surface area contributed by atoms with E-state index in [1.165, 1.54) is 0 Å². The van der Waals surface area contributed by atoms with E-state index in [1.807, 2.05) is 36.4 Å². The van der Waals surface area contributed by atoms with Gasteiger partial charge in [-0.2, -0.15) is 0 Å². The first kappa shape index (κ1) is 15.7. The normalized spacial score (nSPS) is 15.7. The van der Waals surface area contributed by atoms with E-state index in [4.69, 9.17) is 9.57 Å². The van der Waals surface area contributed by atoms with Gasteiger partial charge in [-0.3, -0.25) is 0 Å². The lowest BCUT2D eigenvalue weighted by molar-refractivity contribution is -0.156. The predicted octanol–water partition coefficient (Wildman–Crippen LogP) is 2.20. The number of amides is 1. The summed E-state index contributed by atoms with van der Waals surface area (Å²) in [6.07, 6.45) is -0.762. The Hall–Kier alpha value is -2.86. The summed E-state index contributed by atoms with van der Waals surface area (Å²) in [6, 6.07) is 16.2. The molecule has 128 valence electrons. The first-order valence-corrected chi connectivity index (χ1v) is 8.26. The molecule has 6 heteroatoms. The first-order valence-electron chi connectivity index (χ1n) is 8.26. The fourth-order valence-electron chi connectivity index (χ4n) is 3.26. The lowest BCUT2D eigenvalue weighted by Crippen LogP contribution is -2.48. The molecule has 0 aromatic heterocycles. The Morgan fingerprint density at radius 1 is 1.00 bits per heavy atom. The Morgan fingerprint density at radius 3 is 2.16 bits per heavy atom. The maximum atomic E-state index is 11.8. The van der Waals surface area contributed by atoms with Crippen LogP contribution in [0.4, 0.5) is 4.79 Å². The lowest BCUT2D eigenvalue weighted by atomic mass is 9.98. The van der Waals surface area contributed by atoms with E-state index in [0.717, 1.165) is 22.3 Å². The van der Waals surface area contributed by atoms with Gasteiger partial charge in [0.25, 0.3) is 0 Å². The molecule has 0 bridgehead atoms. The van der Waals surface area contributed by atoms with Crippen molar-refractivity contribution in [3.8, 4) is 11.1 Å². The number of rotatable bonds is 3. The topological polar surface area (TPSA) is 76.7 Å². The highest BCUT2D eigenvalue weighted by Gasteiger charge is 2.30. The van der Waals surface area contributed by atoms with Crippen LogP contribution in [0.3, 0.4) is 0 Å². The van der Waals surface area contributed by atoms with E-state index in [9.17, 15) is 9.59 Å². The van der Waals surface area contributed by atoms with Crippen LogP contribution in [0.2, 0.25) is 0 Å². The Kier molecular flexibility index (Phi) is 4.11. The van der Waals surface area contributed by atoms with Crippen LogP contribution >= 0.6 is 0 Å². The Morgan fingerprint density at radius 2 is 1.60 bits per heavy atom. The molecular weight excluding hydrogens is 320 g/mol. The number of hydrogen-bond acceptors (Lipinski definition) is 5. The number of carbonyl (C=O) groups is 2. The van der Waals surface area contributed by atoms with Crippen molar-refractivity contribution in [2.75, 3.05) is 19.7 Å². The molecule has 1 amide bonds.